The summed E-state index contributed by atoms with van der Waals surface area (Å²) in [5.41, 5.74) is 1.76. The maximum absolute atomic E-state index is 12.9. The number of rotatable bonds is 5. The first-order chi connectivity index (χ1) is 14.5. The highest BCUT2D eigenvalue weighted by molar-refractivity contribution is 7.19. The van der Waals surface area contributed by atoms with Crippen LogP contribution < -0.4 is 15.6 Å². The van der Waals surface area contributed by atoms with Crippen LogP contribution >= 0.6 is 22.9 Å². The van der Waals surface area contributed by atoms with Crippen LogP contribution in [0, 0.1) is 6.92 Å². The summed E-state index contributed by atoms with van der Waals surface area (Å²) in [4.78, 5) is 29.9. The highest BCUT2D eigenvalue weighted by atomic mass is 35.5. The van der Waals surface area contributed by atoms with Gasteiger partial charge in [0.2, 0.25) is 5.91 Å². The fraction of sp³-hybridized carbons (Fsp3) is 0.143. The van der Waals surface area contributed by atoms with Gasteiger partial charge in [0.15, 0.2) is 5.52 Å². The third-order valence-electron chi connectivity index (χ3n) is 4.40. The molecule has 30 heavy (non-hydrogen) atoms. The summed E-state index contributed by atoms with van der Waals surface area (Å²) >= 11 is 7.39. The van der Waals surface area contributed by atoms with Crippen LogP contribution in [0.3, 0.4) is 0 Å². The van der Waals surface area contributed by atoms with E-state index in [4.69, 9.17) is 16.3 Å². The number of hydrogen-bond acceptors (Lipinski definition) is 6. The van der Waals surface area contributed by atoms with E-state index in [1.807, 2.05) is 19.1 Å². The Labute approximate surface area is 180 Å². The van der Waals surface area contributed by atoms with E-state index in [1.54, 1.807) is 36.4 Å². The first-order valence-corrected chi connectivity index (χ1v) is 10.2. The first-order valence-electron chi connectivity index (χ1n) is 9.03. The van der Waals surface area contributed by atoms with Crippen molar-refractivity contribution in [1.29, 1.82) is 0 Å². The number of fused-ring (bicyclic) bond motifs is 1. The van der Waals surface area contributed by atoms with Crippen molar-refractivity contribution in [2.75, 3.05) is 12.4 Å². The van der Waals surface area contributed by atoms with E-state index >= 15 is 0 Å². The summed E-state index contributed by atoms with van der Waals surface area (Å²) in [7, 11) is 1.52. The molecular weight excluding hydrogens is 424 g/mol. The van der Waals surface area contributed by atoms with Crippen LogP contribution in [0.5, 0.6) is 5.75 Å². The highest BCUT2D eigenvalue weighted by Gasteiger charge is 2.18. The molecule has 2 aromatic heterocycles. The number of aromatic nitrogens is 3. The predicted molar refractivity (Wildman–Crippen MR) is 118 cm³/mol. The third-order valence-corrected chi connectivity index (χ3v) is 5.63. The Morgan fingerprint density at radius 2 is 1.93 bits per heavy atom. The minimum absolute atomic E-state index is 0.260. The summed E-state index contributed by atoms with van der Waals surface area (Å²) in [6, 6.07) is 14.2. The van der Waals surface area contributed by atoms with Crippen molar-refractivity contribution in [3.05, 3.63) is 68.9 Å². The Morgan fingerprint density at radius 1 is 1.20 bits per heavy atom. The molecule has 152 valence electrons. The summed E-state index contributed by atoms with van der Waals surface area (Å²) in [6.45, 7) is 1.57. The van der Waals surface area contributed by atoms with Gasteiger partial charge in [-0.3, -0.25) is 9.59 Å². The number of carbonyl (C=O) groups excluding carboxylic acids is 1. The van der Waals surface area contributed by atoms with Crippen LogP contribution in [0.4, 0.5) is 5.69 Å². The van der Waals surface area contributed by atoms with Crippen molar-refractivity contribution in [2.24, 2.45) is 0 Å². The van der Waals surface area contributed by atoms with Gasteiger partial charge in [0.05, 0.1) is 22.5 Å². The Hall–Kier alpha value is -3.23. The fourth-order valence-corrected chi connectivity index (χ4v) is 4.09. The van der Waals surface area contributed by atoms with Crippen LogP contribution in [0.15, 0.2) is 53.3 Å². The number of thiazole rings is 1. The van der Waals surface area contributed by atoms with Crippen molar-refractivity contribution < 1.29 is 9.53 Å². The molecule has 0 fully saturated rings. The highest BCUT2D eigenvalue weighted by Crippen LogP contribution is 2.30. The summed E-state index contributed by atoms with van der Waals surface area (Å²) < 4.78 is 7.07. The zero-order valence-electron chi connectivity index (χ0n) is 16.2. The van der Waals surface area contributed by atoms with Crippen LogP contribution in [0.25, 0.3) is 21.5 Å². The van der Waals surface area contributed by atoms with Crippen molar-refractivity contribution >= 4 is 44.7 Å². The van der Waals surface area contributed by atoms with E-state index in [1.165, 1.54) is 18.4 Å². The predicted octanol–water partition coefficient (Wildman–Crippen LogP) is 4.13. The largest absolute Gasteiger partial charge is 0.495 e. The lowest BCUT2D eigenvalue weighted by atomic mass is 10.1. The van der Waals surface area contributed by atoms with Crippen molar-refractivity contribution in [2.45, 2.75) is 13.5 Å². The minimum atomic E-state index is -0.415. The maximum Gasteiger partial charge on any atom is 0.294 e. The number of benzene rings is 2. The maximum atomic E-state index is 12.9. The molecule has 7 nitrogen and oxygen atoms in total. The topological polar surface area (TPSA) is 86.1 Å². The van der Waals surface area contributed by atoms with Gasteiger partial charge < -0.3 is 10.1 Å². The number of carbonyl (C=O) groups is 1. The van der Waals surface area contributed by atoms with E-state index in [9.17, 15) is 9.59 Å². The van der Waals surface area contributed by atoms with Gasteiger partial charge in [0, 0.05) is 10.6 Å². The van der Waals surface area contributed by atoms with E-state index in [0.717, 1.165) is 15.3 Å². The molecule has 0 aliphatic heterocycles. The van der Waals surface area contributed by atoms with Gasteiger partial charge in [-0.15, -0.1) is 11.3 Å². The Kier molecular flexibility index (Phi) is 5.52. The average molecular weight is 441 g/mol. The zero-order valence-corrected chi connectivity index (χ0v) is 17.8. The zero-order chi connectivity index (χ0) is 21.3. The second-order valence-electron chi connectivity index (χ2n) is 6.48. The smallest absolute Gasteiger partial charge is 0.294 e. The number of nitrogens with one attached hydrogen (secondary N) is 1. The molecule has 0 saturated heterocycles. The Bertz CT molecular complexity index is 1300. The number of amides is 1. The number of para-hydroxylation sites is 2. The molecule has 0 spiro atoms. The first kappa shape index (κ1) is 20.1. The molecule has 9 heteroatoms. The van der Waals surface area contributed by atoms with E-state index in [2.05, 4.69) is 15.4 Å². The van der Waals surface area contributed by atoms with Crippen molar-refractivity contribution in [1.82, 2.24) is 14.8 Å². The molecule has 2 heterocycles. The fourth-order valence-electron chi connectivity index (χ4n) is 3.04. The van der Waals surface area contributed by atoms with E-state index < -0.39 is 11.5 Å². The molecule has 0 atom stereocenters. The molecular formula is C21H17ClN4O3S. The van der Waals surface area contributed by atoms with Crippen molar-refractivity contribution in [3.8, 4) is 17.0 Å². The van der Waals surface area contributed by atoms with Crippen molar-refractivity contribution in [3.63, 3.8) is 0 Å². The normalized spacial score (nSPS) is 10.9. The summed E-state index contributed by atoms with van der Waals surface area (Å²) in [6.07, 6.45) is 0. The van der Waals surface area contributed by atoms with Gasteiger partial charge in [0.1, 0.15) is 18.0 Å². The molecule has 0 aliphatic carbocycles. The molecule has 0 radical (unpaired) electrons. The molecule has 2 aromatic carbocycles. The van der Waals surface area contributed by atoms with E-state index in [-0.39, 0.29) is 6.54 Å². The SMILES string of the molecule is COc1ccccc1NC(=O)Cn1nc(-c2ccc(Cl)cc2)c2sc(C)nc2c1=O. The number of nitrogens with zero attached hydrogens (tertiary/aromatic N) is 3. The average Bonchev–Trinajstić information content (AvgIpc) is 3.13. The molecule has 0 unspecified atom stereocenters. The van der Waals surface area contributed by atoms with Gasteiger partial charge in [0.25, 0.3) is 5.56 Å². The Morgan fingerprint density at radius 3 is 2.67 bits per heavy atom. The molecule has 1 amide bonds. The van der Waals surface area contributed by atoms with Gasteiger partial charge >= 0.3 is 0 Å². The number of methoxy groups -OCH3 is 1. The second-order valence-corrected chi connectivity index (χ2v) is 8.12. The molecule has 1 N–H and O–H groups in total. The molecule has 0 saturated carbocycles. The van der Waals surface area contributed by atoms with Crippen LogP contribution in [-0.2, 0) is 11.3 Å². The molecule has 4 rings (SSSR count). The van der Waals surface area contributed by atoms with E-state index in [0.29, 0.717) is 32.4 Å². The number of halogens is 1. The number of aryl methyl sites for hydroxylation is 1. The van der Waals surface area contributed by atoms with Crippen LogP contribution in [-0.4, -0.2) is 27.8 Å². The van der Waals surface area contributed by atoms with Gasteiger partial charge in [-0.2, -0.15) is 5.10 Å². The molecule has 4 aromatic rings. The third kappa shape index (κ3) is 3.92. The monoisotopic (exact) mass is 440 g/mol. The lowest BCUT2D eigenvalue weighted by molar-refractivity contribution is -0.117. The van der Waals surface area contributed by atoms with Gasteiger partial charge in [-0.25, -0.2) is 9.67 Å². The second kappa shape index (κ2) is 8.25. The van der Waals surface area contributed by atoms with Gasteiger partial charge in [-0.05, 0) is 31.2 Å². The number of anilines is 1. The number of hydrogen-bond donors (Lipinski definition) is 1. The Balaban J connectivity index is 1.74. The lowest BCUT2D eigenvalue weighted by Gasteiger charge is -2.11. The lowest BCUT2D eigenvalue weighted by Crippen LogP contribution is -2.30. The standard InChI is InChI=1S/C21H17ClN4O3S/c1-12-23-19-20(30-12)18(13-7-9-14(22)10-8-13)25-26(21(19)28)11-17(27)24-15-5-3-4-6-16(15)29-2/h3-10H,11H2,1-2H3,(H,24,27). The van der Waals surface area contributed by atoms with Crippen LogP contribution in [0.2, 0.25) is 5.02 Å². The molecule has 0 bridgehead atoms. The molecule has 0 aliphatic rings. The van der Waals surface area contributed by atoms with Gasteiger partial charge in [-0.1, -0.05) is 35.9 Å². The quantitative estimate of drug-likeness (QED) is 0.504. The number of ether oxygens (including phenoxy) is 1. The summed E-state index contributed by atoms with van der Waals surface area (Å²) in [5.74, 6) is 0.126. The summed E-state index contributed by atoms with van der Waals surface area (Å²) in [5, 5.41) is 8.58. The minimum Gasteiger partial charge on any atom is -0.495 e. The van der Waals surface area contributed by atoms with Crippen LogP contribution in [0.1, 0.15) is 5.01 Å².